The smallest absolute Gasteiger partial charge is 0.0862 e. The summed E-state index contributed by atoms with van der Waals surface area (Å²) in [5.41, 5.74) is 4.17. The topological polar surface area (TPSA) is 17.1 Å². The second-order valence-electron chi connectivity index (χ2n) is 5.99. The van der Waals surface area contributed by atoms with Gasteiger partial charge in [0, 0.05) is 0 Å². The monoisotopic (exact) mass is 354 g/mol. The summed E-state index contributed by atoms with van der Waals surface area (Å²) >= 11 is 0. The van der Waals surface area contributed by atoms with Gasteiger partial charge in [-0.2, -0.15) is 0 Å². The van der Waals surface area contributed by atoms with Crippen molar-refractivity contribution in [3.63, 3.8) is 0 Å². The summed E-state index contributed by atoms with van der Waals surface area (Å²) in [6.07, 6.45) is 0. The minimum atomic E-state index is -1.27. The standard InChI is InChI=1S/C24H18OS/c25-26(23-17-9-7-15-21(23)19-11-3-1-4-12-19)24-18-10-8-16-22(24)20-13-5-2-6-14-20/h1-18H. The zero-order valence-corrected chi connectivity index (χ0v) is 15.0. The molecule has 26 heavy (non-hydrogen) atoms. The van der Waals surface area contributed by atoms with E-state index < -0.39 is 10.8 Å². The van der Waals surface area contributed by atoms with Gasteiger partial charge in [0.2, 0.25) is 0 Å². The Morgan fingerprint density at radius 2 is 0.769 bits per heavy atom. The molecule has 0 heterocycles. The van der Waals surface area contributed by atoms with Crippen molar-refractivity contribution in [2.75, 3.05) is 0 Å². The van der Waals surface area contributed by atoms with Crippen LogP contribution in [0.4, 0.5) is 0 Å². The summed E-state index contributed by atoms with van der Waals surface area (Å²) in [4.78, 5) is 1.67. The molecule has 0 aromatic heterocycles. The van der Waals surface area contributed by atoms with Crippen molar-refractivity contribution in [2.45, 2.75) is 9.79 Å². The van der Waals surface area contributed by atoms with Crippen molar-refractivity contribution in [2.24, 2.45) is 0 Å². The van der Waals surface area contributed by atoms with Gasteiger partial charge in [-0.1, -0.05) is 97.1 Å². The summed E-state index contributed by atoms with van der Waals surface area (Å²) in [7, 11) is -1.27. The van der Waals surface area contributed by atoms with Crippen LogP contribution in [0.25, 0.3) is 22.3 Å². The van der Waals surface area contributed by atoms with E-state index in [1.165, 1.54) is 0 Å². The molecule has 0 saturated carbocycles. The van der Waals surface area contributed by atoms with Crippen LogP contribution in [0.2, 0.25) is 0 Å². The van der Waals surface area contributed by atoms with Gasteiger partial charge in [-0.3, -0.25) is 0 Å². The molecular weight excluding hydrogens is 336 g/mol. The summed E-state index contributed by atoms with van der Waals surface area (Å²) in [5.74, 6) is 0. The van der Waals surface area contributed by atoms with E-state index in [-0.39, 0.29) is 0 Å². The summed E-state index contributed by atoms with van der Waals surface area (Å²) < 4.78 is 13.5. The number of benzene rings is 4. The Hall–Kier alpha value is -2.97. The average Bonchev–Trinajstić information content (AvgIpc) is 2.74. The Balaban J connectivity index is 1.84. The van der Waals surface area contributed by atoms with Crippen molar-refractivity contribution >= 4 is 10.8 Å². The second-order valence-corrected chi connectivity index (χ2v) is 7.41. The van der Waals surface area contributed by atoms with E-state index in [2.05, 4.69) is 24.3 Å². The Kier molecular flexibility index (Phi) is 4.76. The van der Waals surface area contributed by atoms with Crippen LogP contribution in [-0.2, 0) is 10.8 Å². The Morgan fingerprint density at radius 3 is 1.19 bits per heavy atom. The molecule has 1 nitrogen and oxygen atoms in total. The van der Waals surface area contributed by atoms with Gasteiger partial charge in [0.1, 0.15) is 0 Å². The van der Waals surface area contributed by atoms with Gasteiger partial charge in [-0.05, 0) is 34.4 Å². The first kappa shape index (κ1) is 16.5. The average molecular weight is 354 g/mol. The lowest BCUT2D eigenvalue weighted by atomic mass is 10.1. The molecule has 0 aliphatic carbocycles. The van der Waals surface area contributed by atoms with Gasteiger partial charge < -0.3 is 0 Å². The number of hydrogen-bond donors (Lipinski definition) is 0. The van der Waals surface area contributed by atoms with E-state index in [4.69, 9.17) is 0 Å². The van der Waals surface area contributed by atoms with Crippen LogP contribution in [-0.4, -0.2) is 4.21 Å². The summed E-state index contributed by atoms with van der Waals surface area (Å²) in [6, 6.07) is 36.1. The molecular formula is C24H18OS. The van der Waals surface area contributed by atoms with Crippen molar-refractivity contribution in [1.29, 1.82) is 0 Å². The Labute approximate surface area is 156 Å². The largest absolute Gasteiger partial charge is 0.249 e. The van der Waals surface area contributed by atoms with E-state index >= 15 is 0 Å². The first-order chi connectivity index (χ1) is 12.8. The first-order valence-electron chi connectivity index (χ1n) is 8.55. The molecule has 0 radical (unpaired) electrons. The minimum absolute atomic E-state index is 0.835. The predicted molar refractivity (Wildman–Crippen MR) is 108 cm³/mol. The van der Waals surface area contributed by atoms with Crippen LogP contribution >= 0.6 is 0 Å². The van der Waals surface area contributed by atoms with E-state index in [1.807, 2.05) is 84.9 Å². The molecule has 126 valence electrons. The fourth-order valence-corrected chi connectivity index (χ4v) is 4.50. The van der Waals surface area contributed by atoms with E-state index in [1.54, 1.807) is 0 Å². The van der Waals surface area contributed by atoms with Crippen LogP contribution < -0.4 is 0 Å². The third-order valence-corrected chi connectivity index (χ3v) is 5.85. The molecule has 0 unspecified atom stereocenters. The highest BCUT2D eigenvalue weighted by atomic mass is 32.2. The zero-order chi connectivity index (χ0) is 17.8. The van der Waals surface area contributed by atoms with Crippen molar-refractivity contribution < 1.29 is 4.21 Å². The number of rotatable bonds is 4. The van der Waals surface area contributed by atoms with Crippen LogP contribution in [0, 0.1) is 0 Å². The Bertz CT molecular complexity index is 955. The molecule has 0 saturated heterocycles. The highest BCUT2D eigenvalue weighted by molar-refractivity contribution is 7.85. The highest BCUT2D eigenvalue weighted by Gasteiger charge is 2.16. The maximum Gasteiger partial charge on any atom is 0.0862 e. The molecule has 0 bridgehead atoms. The lowest BCUT2D eigenvalue weighted by Crippen LogP contribution is -1.98. The molecule has 4 aromatic rings. The predicted octanol–water partition coefficient (Wildman–Crippen LogP) is 6.19. The SMILES string of the molecule is O=S(c1ccccc1-c1ccccc1)c1ccccc1-c1ccccc1. The third-order valence-electron chi connectivity index (χ3n) is 4.34. The first-order valence-corrected chi connectivity index (χ1v) is 9.70. The van der Waals surface area contributed by atoms with Gasteiger partial charge in [0.05, 0.1) is 20.6 Å². The zero-order valence-electron chi connectivity index (χ0n) is 14.2. The van der Waals surface area contributed by atoms with Gasteiger partial charge in [-0.15, -0.1) is 0 Å². The summed E-state index contributed by atoms with van der Waals surface area (Å²) in [5, 5.41) is 0. The summed E-state index contributed by atoms with van der Waals surface area (Å²) in [6.45, 7) is 0. The van der Waals surface area contributed by atoms with Gasteiger partial charge >= 0.3 is 0 Å². The molecule has 0 fully saturated rings. The molecule has 2 heteroatoms. The lowest BCUT2D eigenvalue weighted by molar-refractivity contribution is 0.683. The fourth-order valence-electron chi connectivity index (χ4n) is 3.09. The quantitative estimate of drug-likeness (QED) is 0.427. The molecule has 0 aliphatic heterocycles. The number of hydrogen-bond acceptors (Lipinski definition) is 1. The van der Waals surface area contributed by atoms with E-state index in [0.717, 1.165) is 32.0 Å². The van der Waals surface area contributed by atoms with Crippen LogP contribution in [0.1, 0.15) is 0 Å². The molecule has 0 N–H and O–H groups in total. The normalized spacial score (nSPS) is 10.8. The Morgan fingerprint density at radius 1 is 0.423 bits per heavy atom. The molecule has 0 spiro atoms. The van der Waals surface area contributed by atoms with Gasteiger partial charge in [-0.25, -0.2) is 4.21 Å². The van der Waals surface area contributed by atoms with Gasteiger partial charge in [0.25, 0.3) is 0 Å². The molecule has 0 aliphatic rings. The highest BCUT2D eigenvalue weighted by Crippen LogP contribution is 2.33. The van der Waals surface area contributed by atoms with Gasteiger partial charge in [0.15, 0.2) is 0 Å². The van der Waals surface area contributed by atoms with Crippen molar-refractivity contribution in [3.05, 3.63) is 109 Å². The second kappa shape index (κ2) is 7.51. The molecule has 0 atom stereocenters. The molecule has 4 rings (SSSR count). The van der Waals surface area contributed by atoms with E-state index in [9.17, 15) is 4.21 Å². The van der Waals surface area contributed by atoms with Crippen molar-refractivity contribution in [3.8, 4) is 22.3 Å². The van der Waals surface area contributed by atoms with Crippen LogP contribution in [0.15, 0.2) is 119 Å². The third kappa shape index (κ3) is 3.24. The lowest BCUT2D eigenvalue weighted by Gasteiger charge is -2.13. The minimum Gasteiger partial charge on any atom is -0.249 e. The fraction of sp³-hybridized carbons (Fsp3) is 0. The maximum absolute atomic E-state index is 13.5. The van der Waals surface area contributed by atoms with Crippen LogP contribution in [0.5, 0.6) is 0 Å². The molecule has 0 amide bonds. The van der Waals surface area contributed by atoms with Crippen LogP contribution in [0.3, 0.4) is 0 Å². The maximum atomic E-state index is 13.5. The van der Waals surface area contributed by atoms with Crippen molar-refractivity contribution in [1.82, 2.24) is 0 Å². The van der Waals surface area contributed by atoms with E-state index in [0.29, 0.717) is 0 Å². The molecule has 4 aromatic carbocycles.